The Morgan fingerprint density at radius 1 is 1.14 bits per heavy atom. The molecule has 116 valence electrons. The van der Waals surface area contributed by atoms with Crippen molar-refractivity contribution >= 4 is 23.6 Å². The molecule has 0 radical (unpaired) electrons. The van der Waals surface area contributed by atoms with Crippen molar-refractivity contribution in [2.24, 2.45) is 10.9 Å². The summed E-state index contributed by atoms with van der Waals surface area (Å²) in [4.78, 5) is 18.5. The van der Waals surface area contributed by atoms with Crippen LogP contribution in [0.15, 0.2) is 35.0 Å². The van der Waals surface area contributed by atoms with E-state index in [4.69, 9.17) is 4.74 Å². The van der Waals surface area contributed by atoms with Gasteiger partial charge in [0.1, 0.15) is 0 Å². The van der Waals surface area contributed by atoms with Gasteiger partial charge in [0, 0.05) is 25.7 Å². The van der Waals surface area contributed by atoms with E-state index in [9.17, 15) is 4.79 Å². The lowest BCUT2D eigenvalue weighted by atomic mass is 9.89. The first-order valence-electron chi connectivity index (χ1n) is 7.93. The van der Waals surface area contributed by atoms with Crippen molar-refractivity contribution in [3.05, 3.63) is 35.5 Å². The molecule has 0 atom stereocenters. The lowest BCUT2D eigenvalue weighted by molar-refractivity contribution is -0.130. The molecule has 0 unspecified atom stereocenters. The molecule has 1 aromatic carbocycles. The minimum atomic E-state index is -0.322. The summed E-state index contributed by atoms with van der Waals surface area (Å²) in [6.07, 6.45) is 7.64. The zero-order valence-corrected chi connectivity index (χ0v) is 13.2. The highest BCUT2D eigenvalue weighted by atomic mass is 16.6. The third-order valence-corrected chi connectivity index (χ3v) is 4.30. The Kier molecular flexibility index (Phi) is 4.27. The monoisotopic (exact) mass is 298 g/mol. The molecular weight excluding hydrogens is 276 g/mol. The molecule has 0 N–H and O–H groups in total. The maximum atomic E-state index is 12.0. The number of anilines is 1. The predicted octanol–water partition coefficient (Wildman–Crippen LogP) is 3.63. The van der Waals surface area contributed by atoms with E-state index in [1.807, 2.05) is 43.3 Å². The molecule has 1 aromatic rings. The van der Waals surface area contributed by atoms with Crippen molar-refractivity contribution in [3.63, 3.8) is 0 Å². The average Bonchev–Trinajstić information content (AvgIpc) is 2.90. The van der Waals surface area contributed by atoms with Crippen LogP contribution in [0.1, 0.15) is 37.7 Å². The predicted molar refractivity (Wildman–Crippen MR) is 88.8 cm³/mol. The van der Waals surface area contributed by atoms with Gasteiger partial charge in [0.05, 0.1) is 0 Å². The van der Waals surface area contributed by atoms with Gasteiger partial charge in [0.25, 0.3) is 0 Å². The average molecular weight is 298 g/mol. The molecule has 0 spiro atoms. The SMILES string of the molecule is CN(C)c1ccc(C=C2N=C(C3CCCCC3)OC2=O)cc1. The van der Waals surface area contributed by atoms with E-state index in [1.165, 1.54) is 19.3 Å². The molecule has 22 heavy (non-hydrogen) atoms. The first kappa shape index (κ1) is 14.8. The van der Waals surface area contributed by atoms with Crippen LogP contribution in [0.2, 0.25) is 0 Å². The quantitative estimate of drug-likeness (QED) is 0.632. The summed E-state index contributed by atoms with van der Waals surface area (Å²) in [5, 5.41) is 0. The molecule has 4 heteroatoms. The number of carbonyl (C=O) groups is 1. The van der Waals surface area contributed by atoms with Gasteiger partial charge in [-0.15, -0.1) is 0 Å². The van der Waals surface area contributed by atoms with Gasteiger partial charge in [-0.1, -0.05) is 31.4 Å². The Labute approximate surface area is 131 Å². The molecule has 0 amide bonds. The highest BCUT2D eigenvalue weighted by Gasteiger charge is 2.29. The fourth-order valence-corrected chi connectivity index (χ4v) is 2.98. The van der Waals surface area contributed by atoms with Crippen molar-refractivity contribution in [1.82, 2.24) is 0 Å². The standard InChI is InChI=1S/C18H22N2O2/c1-20(2)15-10-8-13(9-11-15)12-16-18(21)22-17(19-16)14-6-4-3-5-7-14/h8-12,14H,3-7H2,1-2H3. The minimum absolute atomic E-state index is 0.319. The van der Waals surface area contributed by atoms with Crippen LogP contribution >= 0.6 is 0 Å². The van der Waals surface area contributed by atoms with Gasteiger partial charge in [-0.05, 0) is 36.6 Å². The van der Waals surface area contributed by atoms with Crippen molar-refractivity contribution in [3.8, 4) is 0 Å². The summed E-state index contributed by atoms with van der Waals surface area (Å²) in [5.41, 5.74) is 2.51. The van der Waals surface area contributed by atoms with Crippen LogP contribution in [0, 0.1) is 5.92 Å². The van der Waals surface area contributed by atoms with E-state index >= 15 is 0 Å². The molecular formula is C18H22N2O2. The number of nitrogens with zero attached hydrogens (tertiary/aromatic N) is 2. The van der Waals surface area contributed by atoms with Crippen LogP contribution in [0.4, 0.5) is 5.69 Å². The zero-order chi connectivity index (χ0) is 15.5. The lowest BCUT2D eigenvalue weighted by Crippen LogP contribution is -2.19. The van der Waals surface area contributed by atoms with E-state index in [0.29, 0.717) is 17.5 Å². The molecule has 0 bridgehead atoms. The summed E-state index contributed by atoms with van der Waals surface area (Å²) >= 11 is 0. The number of benzene rings is 1. The van der Waals surface area contributed by atoms with Gasteiger partial charge in [0.15, 0.2) is 5.70 Å². The number of carbonyl (C=O) groups excluding carboxylic acids is 1. The largest absolute Gasteiger partial charge is 0.406 e. The number of aliphatic imine (C=N–C) groups is 1. The van der Waals surface area contributed by atoms with E-state index in [-0.39, 0.29) is 5.97 Å². The molecule has 0 aromatic heterocycles. The summed E-state index contributed by atoms with van der Waals surface area (Å²) in [7, 11) is 4.01. The van der Waals surface area contributed by atoms with E-state index in [0.717, 1.165) is 24.1 Å². The Bertz CT molecular complexity index is 608. The van der Waals surface area contributed by atoms with Crippen LogP contribution in [0.5, 0.6) is 0 Å². The molecule has 1 heterocycles. The third-order valence-electron chi connectivity index (χ3n) is 4.30. The fourth-order valence-electron chi connectivity index (χ4n) is 2.98. The second-order valence-corrected chi connectivity index (χ2v) is 6.19. The maximum Gasteiger partial charge on any atom is 0.363 e. The van der Waals surface area contributed by atoms with Crippen molar-refractivity contribution in [1.29, 1.82) is 0 Å². The number of esters is 1. The third kappa shape index (κ3) is 3.21. The molecule has 4 nitrogen and oxygen atoms in total. The fraction of sp³-hybridized carbons (Fsp3) is 0.444. The second kappa shape index (κ2) is 6.34. The van der Waals surface area contributed by atoms with Crippen molar-refractivity contribution in [2.45, 2.75) is 32.1 Å². The summed E-state index contributed by atoms with van der Waals surface area (Å²) in [6, 6.07) is 8.03. The van der Waals surface area contributed by atoms with Gasteiger partial charge in [-0.2, -0.15) is 0 Å². The van der Waals surface area contributed by atoms with Crippen molar-refractivity contribution < 1.29 is 9.53 Å². The Morgan fingerprint density at radius 3 is 2.45 bits per heavy atom. The molecule has 1 saturated carbocycles. The molecule has 1 aliphatic heterocycles. The molecule has 2 aliphatic rings. The zero-order valence-electron chi connectivity index (χ0n) is 13.2. The molecule has 1 fully saturated rings. The number of rotatable bonds is 3. The highest BCUT2D eigenvalue weighted by Crippen LogP contribution is 2.29. The molecule has 0 saturated heterocycles. The van der Waals surface area contributed by atoms with E-state index in [1.54, 1.807) is 6.08 Å². The van der Waals surface area contributed by atoms with Gasteiger partial charge in [-0.3, -0.25) is 0 Å². The normalized spacial score (nSPS) is 20.9. The maximum absolute atomic E-state index is 12.0. The smallest absolute Gasteiger partial charge is 0.363 e. The van der Waals surface area contributed by atoms with Crippen LogP contribution < -0.4 is 4.90 Å². The van der Waals surface area contributed by atoms with E-state index < -0.39 is 0 Å². The Hall–Kier alpha value is -2.10. The topological polar surface area (TPSA) is 41.9 Å². The summed E-state index contributed by atoms with van der Waals surface area (Å²) in [6.45, 7) is 0. The molecule has 1 aliphatic carbocycles. The molecule has 3 rings (SSSR count). The minimum Gasteiger partial charge on any atom is -0.406 e. The number of ether oxygens (including phenoxy) is 1. The van der Waals surface area contributed by atoms with Crippen LogP contribution in [0.3, 0.4) is 0 Å². The second-order valence-electron chi connectivity index (χ2n) is 6.19. The van der Waals surface area contributed by atoms with E-state index in [2.05, 4.69) is 4.99 Å². The van der Waals surface area contributed by atoms with Crippen LogP contribution in [-0.2, 0) is 9.53 Å². The van der Waals surface area contributed by atoms with Gasteiger partial charge >= 0.3 is 5.97 Å². The van der Waals surface area contributed by atoms with Crippen LogP contribution in [-0.4, -0.2) is 26.0 Å². The summed E-state index contributed by atoms with van der Waals surface area (Å²) in [5.74, 6) is 0.623. The first-order chi connectivity index (χ1) is 10.6. The van der Waals surface area contributed by atoms with Crippen molar-refractivity contribution in [2.75, 3.05) is 19.0 Å². The lowest BCUT2D eigenvalue weighted by Gasteiger charge is -2.19. The van der Waals surface area contributed by atoms with Gasteiger partial charge in [0.2, 0.25) is 5.90 Å². The number of hydrogen-bond donors (Lipinski definition) is 0. The number of hydrogen-bond acceptors (Lipinski definition) is 4. The summed E-state index contributed by atoms with van der Waals surface area (Å²) < 4.78 is 5.38. The highest BCUT2D eigenvalue weighted by molar-refractivity contribution is 6.07. The van der Waals surface area contributed by atoms with Crippen LogP contribution in [0.25, 0.3) is 6.08 Å². The van der Waals surface area contributed by atoms with Gasteiger partial charge in [-0.25, -0.2) is 9.79 Å². The Morgan fingerprint density at radius 2 is 1.82 bits per heavy atom. The van der Waals surface area contributed by atoms with Gasteiger partial charge < -0.3 is 9.64 Å². The Balaban J connectivity index is 1.77. The first-order valence-corrected chi connectivity index (χ1v) is 7.93. The number of cyclic esters (lactones) is 1.